The molecule has 0 saturated carbocycles. The van der Waals surface area contributed by atoms with Crippen LogP contribution < -0.4 is 0 Å². The molecular formula is C10H15NO4. The van der Waals surface area contributed by atoms with Crippen molar-refractivity contribution in [3.63, 3.8) is 0 Å². The van der Waals surface area contributed by atoms with Crippen LogP contribution in [0.1, 0.15) is 30.4 Å². The summed E-state index contributed by atoms with van der Waals surface area (Å²) >= 11 is 0. The molecule has 84 valence electrons. The minimum absolute atomic E-state index is 0.172. The van der Waals surface area contributed by atoms with Gasteiger partial charge in [-0.05, 0) is 20.3 Å². The maximum absolute atomic E-state index is 9.14. The number of nitrogens with zero attached hydrogens (tertiary/aromatic N) is 1. The molecule has 2 rings (SSSR count). The summed E-state index contributed by atoms with van der Waals surface area (Å²) in [7, 11) is 0. The maximum atomic E-state index is 9.14. The van der Waals surface area contributed by atoms with Crippen LogP contribution in [0.25, 0.3) is 0 Å². The van der Waals surface area contributed by atoms with Gasteiger partial charge in [-0.15, -0.1) is 0 Å². The number of hydrogen-bond donors (Lipinski definition) is 1. The van der Waals surface area contributed by atoms with E-state index in [1.54, 1.807) is 6.92 Å². The molecular weight excluding hydrogens is 198 g/mol. The third kappa shape index (κ3) is 1.78. The molecule has 0 spiro atoms. The molecule has 0 radical (unpaired) electrons. The van der Waals surface area contributed by atoms with Crippen molar-refractivity contribution in [2.75, 3.05) is 13.2 Å². The van der Waals surface area contributed by atoms with Crippen molar-refractivity contribution in [2.24, 2.45) is 0 Å². The van der Waals surface area contributed by atoms with E-state index in [1.165, 1.54) is 0 Å². The first kappa shape index (κ1) is 10.6. The lowest BCUT2D eigenvalue weighted by atomic mass is 10.0. The Balaban J connectivity index is 2.37. The fraction of sp³-hybridized carbons (Fsp3) is 0.700. The molecule has 1 aromatic rings. The summed E-state index contributed by atoms with van der Waals surface area (Å²) in [6.07, 6.45) is 0.883. The highest BCUT2D eigenvalue weighted by molar-refractivity contribution is 5.26. The Morgan fingerprint density at radius 1 is 1.40 bits per heavy atom. The molecule has 1 fully saturated rings. The van der Waals surface area contributed by atoms with Crippen molar-refractivity contribution in [3.8, 4) is 0 Å². The van der Waals surface area contributed by atoms with E-state index >= 15 is 0 Å². The molecule has 1 aliphatic heterocycles. The largest absolute Gasteiger partial charge is 0.390 e. The number of aryl methyl sites for hydroxylation is 1. The molecule has 15 heavy (non-hydrogen) atoms. The van der Waals surface area contributed by atoms with E-state index in [0.717, 1.165) is 6.42 Å². The van der Waals surface area contributed by atoms with Crippen LogP contribution >= 0.6 is 0 Å². The minimum atomic E-state index is -0.833. The lowest BCUT2D eigenvalue weighted by Gasteiger charge is -2.33. The molecule has 0 unspecified atom stereocenters. The van der Waals surface area contributed by atoms with Gasteiger partial charge in [-0.2, -0.15) is 0 Å². The van der Waals surface area contributed by atoms with Gasteiger partial charge in [0, 0.05) is 0 Å². The Hall–Kier alpha value is -0.910. The highest BCUT2D eigenvalue weighted by Crippen LogP contribution is 2.34. The van der Waals surface area contributed by atoms with Crippen molar-refractivity contribution in [3.05, 3.63) is 17.0 Å². The van der Waals surface area contributed by atoms with Gasteiger partial charge in [0.05, 0.1) is 25.4 Å². The summed E-state index contributed by atoms with van der Waals surface area (Å²) in [6.45, 7) is 4.73. The van der Waals surface area contributed by atoms with E-state index in [1.807, 2.05) is 6.92 Å². The highest BCUT2D eigenvalue weighted by atomic mass is 16.7. The second-order valence-corrected chi connectivity index (χ2v) is 3.71. The van der Waals surface area contributed by atoms with Crippen LogP contribution in [0.15, 0.2) is 4.52 Å². The first-order chi connectivity index (χ1) is 7.17. The zero-order valence-electron chi connectivity index (χ0n) is 8.95. The Morgan fingerprint density at radius 3 is 2.67 bits per heavy atom. The van der Waals surface area contributed by atoms with E-state index in [2.05, 4.69) is 5.16 Å². The van der Waals surface area contributed by atoms with E-state index in [-0.39, 0.29) is 6.61 Å². The molecule has 2 heterocycles. The summed E-state index contributed by atoms with van der Waals surface area (Å²) in [5.41, 5.74) is 1.20. The van der Waals surface area contributed by atoms with Crippen LogP contribution in [0, 0.1) is 6.92 Å². The zero-order valence-corrected chi connectivity index (χ0v) is 8.95. The summed E-state index contributed by atoms with van der Waals surface area (Å²) in [4.78, 5) is 0. The number of aliphatic hydroxyl groups excluding tert-OH is 1. The Labute approximate surface area is 88.0 Å². The molecule has 1 aliphatic rings. The minimum Gasteiger partial charge on any atom is -0.390 e. The number of hydrogen-bond acceptors (Lipinski definition) is 5. The Kier molecular flexibility index (Phi) is 2.77. The predicted molar refractivity (Wildman–Crippen MR) is 51.0 cm³/mol. The molecule has 5 nitrogen and oxygen atoms in total. The lowest BCUT2D eigenvalue weighted by Crippen LogP contribution is -2.36. The first-order valence-electron chi connectivity index (χ1n) is 5.02. The third-order valence-corrected chi connectivity index (χ3v) is 2.58. The molecule has 1 aromatic heterocycles. The first-order valence-corrected chi connectivity index (χ1v) is 5.02. The van der Waals surface area contributed by atoms with Gasteiger partial charge in [0.15, 0.2) is 5.79 Å². The Bertz CT molecular complexity index is 341. The normalized spacial score (nSPS) is 20.5. The SMILES string of the molecule is Cc1onc(CO)c1C1(C)OCCCO1. The second-order valence-electron chi connectivity index (χ2n) is 3.71. The van der Waals surface area contributed by atoms with Crippen molar-refractivity contribution < 1.29 is 19.1 Å². The topological polar surface area (TPSA) is 64.7 Å². The van der Waals surface area contributed by atoms with E-state index < -0.39 is 5.79 Å². The van der Waals surface area contributed by atoms with Gasteiger partial charge >= 0.3 is 0 Å². The quantitative estimate of drug-likeness (QED) is 0.796. The zero-order chi connectivity index (χ0) is 10.9. The monoisotopic (exact) mass is 213 g/mol. The van der Waals surface area contributed by atoms with E-state index in [9.17, 15) is 0 Å². The van der Waals surface area contributed by atoms with Crippen molar-refractivity contribution in [2.45, 2.75) is 32.7 Å². The van der Waals surface area contributed by atoms with Gasteiger partial charge in [-0.3, -0.25) is 0 Å². The molecule has 0 bridgehead atoms. The fourth-order valence-electron chi connectivity index (χ4n) is 1.89. The van der Waals surface area contributed by atoms with Crippen molar-refractivity contribution in [1.82, 2.24) is 5.16 Å². The van der Waals surface area contributed by atoms with Crippen molar-refractivity contribution in [1.29, 1.82) is 0 Å². The van der Waals surface area contributed by atoms with E-state index in [0.29, 0.717) is 30.2 Å². The predicted octanol–water partition coefficient (Wildman–Crippen LogP) is 1.08. The van der Waals surface area contributed by atoms with Crippen LogP contribution in [0.4, 0.5) is 0 Å². The Morgan fingerprint density at radius 2 is 2.07 bits per heavy atom. The number of aliphatic hydroxyl groups is 1. The average molecular weight is 213 g/mol. The molecule has 0 aromatic carbocycles. The lowest BCUT2D eigenvalue weighted by molar-refractivity contribution is -0.265. The highest BCUT2D eigenvalue weighted by Gasteiger charge is 2.37. The van der Waals surface area contributed by atoms with Crippen LogP contribution in [-0.4, -0.2) is 23.5 Å². The second kappa shape index (κ2) is 3.92. The molecule has 0 aliphatic carbocycles. The summed E-state index contributed by atoms with van der Waals surface area (Å²) in [6, 6.07) is 0. The van der Waals surface area contributed by atoms with Crippen LogP contribution in [0.5, 0.6) is 0 Å². The van der Waals surface area contributed by atoms with Gasteiger partial charge in [0.2, 0.25) is 0 Å². The van der Waals surface area contributed by atoms with Gasteiger partial charge in [0.1, 0.15) is 11.5 Å². The van der Waals surface area contributed by atoms with Crippen LogP contribution in [0.3, 0.4) is 0 Å². The number of aromatic nitrogens is 1. The molecule has 1 saturated heterocycles. The van der Waals surface area contributed by atoms with E-state index in [4.69, 9.17) is 19.1 Å². The summed E-state index contributed by atoms with van der Waals surface area (Å²) < 4.78 is 16.2. The smallest absolute Gasteiger partial charge is 0.197 e. The van der Waals surface area contributed by atoms with Gasteiger partial charge < -0.3 is 19.1 Å². The van der Waals surface area contributed by atoms with Crippen LogP contribution in [-0.2, 0) is 21.9 Å². The standard InChI is InChI=1S/C10H15NO4/c1-7-9(8(6-12)11-15-7)10(2)13-4-3-5-14-10/h12H,3-6H2,1-2H3. The molecule has 0 atom stereocenters. The molecule has 0 amide bonds. The fourth-order valence-corrected chi connectivity index (χ4v) is 1.89. The van der Waals surface area contributed by atoms with Gasteiger partial charge in [-0.1, -0.05) is 5.16 Å². The van der Waals surface area contributed by atoms with Crippen LogP contribution in [0.2, 0.25) is 0 Å². The number of rotatable bonds is 2. The average Bonchev–Trinajstić information content (AvgIpc) is 2.61. The summed E-state index contributed by atoms with van der Waals surface area (Å²) in [5.74, 6) is -0.205. The number of ether oxygens (including phenoxy) is 2. The molecule has 5 heteroatoms. The summed E-state index contributed by atoms with van der Waals surface area (Å²) in [5, 5.41) is 12.9. The molecule has 1 N–H and O–H groups in total. The van der Waals surface area contributed by atoms with Crippen molar-refractivity contribution >= 4 is 0 Å². The van der Waals surface area contributed by atoms with Gasteiger partial charge in [0.25, 0.3) is 0 Å². The maximum Gasteiger partial charge on any atom is 0.197 e. The third-order valence-electron chi connectivity index (χ3n) is 2.58. The van der Waals surface area contributed by atoms with Gasteiger partial charge in [-0.25, -0.2) is 0 Å².